The van der Waals surface area contributed by atoms with Crippen molar-refractivity contribution in [3.05, 3.63) is 27.4 Å². The molecule has 0 bridgehead atoms. The highest BCUT2D eigenvalue weighted by atomic mass is 32.1. The molecule has 2 aromatic rings. The van der Waals surface area contributed by atoms with Crippen LogP contribution in [0.3, 0.4) is 0 Å². The van der Waals surface area contributed by atoms with Crippen LogP contribution in [-0.2, 0) is 11.3 Å². The van der Waals surface area contributed by atoms with E-state index in [4.69, 9.17) is 4.74 Å². The van der Waals surface area contributed by atoms with Gasteiger partial charge >= 0.3 is 0 Å². The van der Waals surface area contributed by atoms with Crippen LogP contribution in [0.15, 0.2) is 16.2 Å². The molecule has 0 aliphatic carbocycles. The molecule has 1 aliphatic rings. The topological polar surface area (TPSA) is 68.5 Å². The maximum atomic E-state index is 12.3. The summed E-state index contributed by atoms with van der Waals surface area (Å²) in [5, 5.41) is 11.9. The molecule has 6 heteroatoms. The first-order valence-corrected chi connectivity index (χ1v) is 7.43. The van der Waals surface area contributed by atoms with Gasteiger partial charge in [-0.3, -0.25) is 9.59 Å². The number of aromatic nitrogens is 1. The Morgan fingerprint density at radius 3 is 3.05 bits per heavy atom. The van der Waals surface area contributed by atoms with Crippen LogP contribution < -0.4 is 5.56 Å². The molecule has 0 aromatic carbocycles. The number of thiophene rings is 1. The van der Waals surface area contributed by atoms with E-state index in [9.17, 15) is 14.7 Å². The number of fused-ring (bicyclic) bond motifs is 1. The van der Waals surface area contributed by atoms with Gasteiger partial charge in [0.25, 0.3) is 5.56 Å². The summed E-state index contributed by atoms with van der Waals surface area (Å²) in [6.07, 6.45) is 1.90. The lowest BCUT2D eigenvalue weighted by Crippen LogP contribution is -2.27. The largest absolute Gasteiger partial charge is 0.502 e. The monoisotopic (exact) mass is 293 g/mol. The molecule has 106 valence electrons. The molecule has 1 unspecified atom stereocenters. The van der Waals surface area contributed by atoms with E-state index in [0.29, 0.717) is 23.4 Å². The zero-order valence-electron chi connectivity index (χ0n) is 11.1. The van der Waals surface area contributed by atoms with Crippen molar-refractivity contribution < 1.29 is 14.6 Å². The molecule has 3 heterocycles. The van der Waals surface area contributed by atoms with Crippen molar-refractivity contribution in [3.63, 3.8) is 0 Å². The van der Waals surface area contributed by atoms with Crippen LogP contribution >= 0.6 is 11.3 Å². The summed E-state index contributed by atoms with van der Waals surface area (Å²) in [6.45, 7) is 2.49. The maximum absolute atomic E-state index is 12.3. The van der Waals surface area contributed by atoms with Gasteiger partial charge in [0.2, 0.25) is 0 Å². The lowest BCUT2D eigenvalue weighted by molar-refractivity contribution is 0.0969. The van der Waals surface area contributed by atoms with Crippen LogP contribution in [0.2, 0.25) is 0 Å². The van der Waals surface area contributed by atoms with Gasteiger partial charge in [0.1, 0.15) is 0 Å². The normalized spacial score (nSPS) is 18.8. The molecule has 2 aromatic heterocycles. The summed E-state index contributed by atoms with van der Waals surface area (Å²) < 4.78 is 7.73. The van der Waals surface area contributed by atoms with Gasteiger partial charge in [0.05, 0.1) is 28.4 Å². The number of carbonyl (C=O) groups is 1. The van der Waals surface area contributed by atoms with Gasteiger partial charge < -0.3 is 14.4 Å². The van der Waals surface area contributed by atoms with E-state index in [1.807, 2.05) is 11.4 Å². The number of carbonyl (C=O) groups excluding carboxylic acids is 1. The van der Waals surface area contributed by atoms with E-state index in [2.05, 4.69) is 0 Å². The third kappa shape index (κ3) is 2.05. The Morgan fingerprint density at radius 2 is 2.40 bits per heavy atom. The van der Waals surface area contributed by atoms with Crippen LogP contribution in [0.4, 0.5) is 0 Å². The number of ether oxygens (including phenoxy) is 1. The maximum Gasteiger partial charge on any atom is 0.294 e. The molecule has 20 heavy (non-hydrogen) atoms. The van der Waals surface area contributed by atoms with E-state index < -0.39 is 11.3 Å². The van der Waals surface area contributed by atoms with Gasteiger partial charge in [-0.1, -0.05) is 0 Å². The van der Waals surface area contributed by atoms with Gasteiger partial charge in [-0.2, -0.15) is 0 Å². The molecule has 0 spiro atoms. The fourth-order valence-electron chi connectivity index (χ4n) is 2.65. The smallest absolute Gasteiger partial charge is 0.294 e. The quantitative estimate of drug-likeness (QED) is 0.880. The van der Waals surface area contributed by atoms with E-state index >= 15 is 0 Å². The number of hydrogen-bond donors (Lipinski definition) is 1. The zero-order valence-corrected chi connectivity index (χ0v) is 11.9. The number of hydrogen-bond acceptors (Lipinski definition) is 5. The third-order valence-corrected chi connectivity index (χ3v) is 4.53. The SMILES string of the molecule is CC(=O)c1c(O)c(=O)n(CC2CCCO2)c2ccsc12. The van der Waals surface area contributed by atoms with Crippen LogP contribution in [0, 0.1) is 0 Å². The molecule has 1 N–H and O–H groups in total. The molecule has 1 aliphatic heterocycles. The molecule has 3 rings (SSSR count). The minimum absolute atomic E-state index is 0.00150. The molecule has 0 radical (unpaired) electrons. The minimum Gasteiger partial charge on any atom is -0.502 e. The molecule has 1 fully saturated rings. The average Bonchev–Trinajstić information content (AvgIpc) is 3.05. The Morgan fingerprint density at radius 1 is 1.60 bits per heavy atom. The number of Topliss-reactive ketones (excluding diaryl/α,β-unsaturated/α-hetero) is 1. The van der Waals surface area contributed by atoms with Crippen molar-refractivity contribution in [2.75, 3.05) is 6.61 Å². The number of nitrogens with zero attached hydrogens (tertiary/aromatic N) is 1. The summed E-state index contributed by atoms with van der Waals surface area (Å²) in [7, 11) is 0. The van der Waals surface area contributed by atoms with Crippen LogP contribution in [0.5, 0.6) is 5.75 Å². The summed E-state index contributed by atoms with van der Waals surface area (Å²) in [4.78, 5) is 24.0. The van der Waals surface area contributed by atoms with Crippen LogP contribution in [0.25, 0.3) is 10.2 Å². The second kappa shape index (κ2) is 5.03. The Hall–Kier alpha value is -1.66. The van der Waals surface area contributed by atoms with E-state index in [1.165, 1.54) is 22.8 Å². The van der Waals surface area contributed by atoms with E-state index in [-0.39, 0.29) is 17.5 Å². The lowest BCUT2D eigenvalue weighted by atomic mass is 10.1. The van der Waals surface area contributed by atoms with Crippen molar-refractivity contribution in [2.24, 2.45) is 0 Å². The molecular weight excluding hydrogens is 278 g/mol. The Kier molecular flexibility index (Phi) is 3.35. The Labute approximate surface area is 119 Å². The van der Waals surface area contributed by atoms with Crippen LogP contribution in [0.1, 0.15) is 30.1 Å². The molecular formula is C14H15NO4S. The standard InChI is InChI=1S/C14H15NO4S/c1-8(16)11-12(17)14(18)15(7-9-3-2-5-19-9)10-4-6-20-13(10)11/h4,6,9,17H,2-3,5,7H2,1H3. The predicted molar refractivity (Wildman–Crippen MR) is 76.7 cm³/mol. The zero-order chi connectivity index (χ0) is 14.3. The fourth-order valence-corrected chi connectivity index (χ4v) is 3.64. The minimum atomic E-state index is -0.517. The van der Waals surface area contributed by atoms with Gasteiger partial charge in [-0.05, 0) is 31.2 Å². The Bertz CT molecular complexity index is 725. The first-order valence-electron chi connectivity index (χ1n) is 6.55. The summed E-state index contributed by atoms with van der Waals surface area (Å²) >= 11 is 1.36. The number of rotatable bonds is 3. The Balaban J connectivity index is 2.19. The first-order chi connectivity index (χ1) is 9.59. The number of aromatic hydroxyl groups is 1. The fraction of sp³-hybridized carbons (Fsp3) is 0.429. The highest BCUT2D eigenvalue weighted by Crippen LogP contribution is 2.29. The molecule has 0 amide bonds. The highest BCUT2D eigenvalue weighted by Gasteiger charge is 2.23. The summed E-state index contributed by atoms with van der Waals surface area (Å²) in [5.41, 5.74) is 0.304. The first kappa shape index (κ1) is 13.3. The molecule has 5 nitrogen and oxygen atoms in total. The van der Waals surface area contributed by atoms with Crippen molar-refractivity contribution in [1.82, 2.24) is 4.57 Å². The van der Waals surface area contributed by atoms with E-state index in [1.54, 1.807) is 0 Å². The lowest BCUT2D eigenvalue weighted by Gasteiger charge is -2.15. The third-order valence-electron chi connectivity index (χ3n) is 3.61. The summed E-state index contributed by atoms with van der Waals surface area (Å²) in [6, 6.07) is 1.81. The van der Waals surface area contributed by atoms with Crippen molar-refractivity contribution in [2.45, 2.75) is 32.4 Å². The van der Waals surface area contributed by atoms with Gasteiger partial charge in [0.15, 0.2) is 11.5 Å². The second-order valence-electron chi connectivity index (χ2n) is 4.97. The highest BCUT2D eigenvalue weighted by molar-refractivity contribution is 7.17. The molecule has 1 saturated heterocycles. The van der Waals surface area contributed by atoms with Gasteiger partial charge in [-0.25, -0.2) is 0 Å². The van der Waals surface area contributed by atoms with Crippen LogP contribution in [-0.4, -0.2) is 28.2 Å². The van der Waals surface area contributed by atoms with Crippen molar-refractivity contribution in [1.29, 1.82) is 0 Å². The molecule has 0 saturated carbocycles. The number of pyridine rings is 1. The van der Waals surface area contributed by atoms with Gasteiger partial charge in [0, 0.05) is 6.61 Å². The number of ketones is 1. The van der Waals surface area contributed by atoms with Crippen molar-refractivity contribution in [3.8, 4) is 5.75 Å². The molecule has 1 atom stereocenters. The summed E-state index contributed by atoms with van der Waals surface area (Å²) in [5.74, 6) is -0.748. The predicted octanol–water partition coefficient (Wildman–Crippen LogP) is 2.15. The second-order valence-corrected chi connectivity index (χ2v) is 5.88. The van der Waals surface area contributed by atoms with E-state index in [0.717, 1.165) is 12.8 Å². The van der Waals surface area contributed by atoms with Gasteiger partial charge in [-0.15, -0.1) is 11.3 Å². The van der Waals surface area contributed by atoms with Crippen molar-refractivity contribution >= 4 is 27.3 Å². The average molecular weight is 293 g/mol.